The first-order valence-electron chi connectivity index (χ1n) is 13.3. The summed E-state index contributed by atoms with van der Waals surface area (Å²) >= 11 is 0. The van der Waals surface area contributed by atoms with Crippen molar-refractivity contribution in [2.75, 3.05) is 13.2 Å². The molecule has 1 saturated heterocycles. The Hall–Kier alpha value is -5.76. The Bertz CT molecular complexity index is 1340. The van der Waals surface area contributed by atoms with Gasteiger partial charge in [-0.05, 0) is 48.5 Å². The number of rotatable bonds is 6. The molecule has 4 aromatic rings. The molecule has 0 aliphatic carbocycles. The van der Waals surface area contributed by atoms with E-state index in [1.54, 1.807) is 24.3 Å². The van der Waals surface area contributed by atoms with Crippen LogP contribution in [0.25, 0.3) is 0 Å². The van der Waals surface area contributed by atoms with Crippen molar-refractivity contribution in [2.45, 2.75) is 24.1 Å². The maximum atomic E-state index is 10.2. The molecule has 5 heterocycles. The molecule has 5 rings (SSSR count). The largest absolute Gasteiger partial charge is 0.478 e. The zero-order chi connectivity index (χ0) is 36.1. The number of hydrogen-bond donors (Lipinski definition) is 9. The van der Waals surface area contributed by atoms with Crippen molar-refractivity contribution in [3.05, 3.63) is 120 Å². The number of ether oxygens (including phenoxy) is 1. The minimum atomic E-state index is -2.16. The molecule has 0 amide bonds. The summed E-state index contributed by atoms with van der Waals surface area (Å²) in [6.45, 7) is -1.36. The molecule has 1 fully saturated rings. The van der Waals surface area contributed by atoms with E-state index in [1.165, 1.54) is 73.8 Å². The topological polar surface area (TPSA) is 311 Å². The van der Waals surface area contributed by atoms with Gasteiger partial charge in [-0.2, -0.15) is 0 Å². The highest BCUT2D eigenvalue weighted by Crippen LogP contribution is 2.28. The zero-order valence-corrected chi connectivity index (χ0v) is 24.7. The summed E-state index contributed by atoms with van der Waals surface area (Å²) in [6, 6.07) is 12.3. The molecule has 0 radical (unpaired) electrons. The SMILES string of the molecule is O=C(O)c1cccnc1.O=C(O)c1cccnc1.O=C(O)c1cccnc1.O=C(O)c1cccnc1.OC[C@H]1OC(O)(CO)[C@@H](O)[C@@H]1O. The van der Waals surface area contributed by atoms with Crippen molar-refractivity contribution in [1.82, 2.24) is 19.9 Å². The molecule has 18 heteroatoms. The quantitative estimate of drug-likeness (QED) is 0.129. The van der Waals surface area contributed by atoms with Gasteiger partial charge in [0.25, 0.3) is 0 Å². The molecule has 48 heavy (non-hydrogen) atoms. The molecule has 0 bridgehead atoms. The standard InChI is InChI=1S/4C6H5NO2.C6H12O6/c4*8-6(9)5-2-1-3-7-4-5;7-1-3-4(9)5(10)6(11,2-8)12-3/h4*1-4H,(H,8,9);3-5,7-11H,1-2H2/t;;;;3-,4-,5+,6?/m....1/s1. The number of carboxylic acids is 4. The molecule has 1 aliphatic heterocycles. The van der Waals surface area contributed by atoms with Crippen LogP contribution in [0.5, 0.6) is 0 Å². The lowest BCUT2D eigenvalue weighted by molar-refractivity contribution is -0.248. The normalized spacial score (nSPS) is 18.7. The first-order valence-corrected chi connectivity index (χ1v) is 13.3. The Morgan fingerprint density at radius 2 is 0.896 bits per heavy atom. The fourth-order valence-corrected chi connectivity index (χ4v) is 3.10. The van der Waals surface area contributed by atoms with E-state index in [0.29, 0.717) is 0 Å². The van der Waals surface area contributed by atoms with Gasteiger partial charge in [0, 0.05) is 49.6 Å². The van der Waals surface area contributed by atoms with Gasteiger partial charge in [-0.25, -0.2) is 19.2 Å². The number of aromatic carboxylic acids is 4. The van der Waals surface area contributed by atoms with E-state index in [-0.39, 0.29) is 22.3 Å². The van der Waals surface area contributed by atoms with Crippen LogP contribution in [0.4, 0.5) is 0 Å². The van der Waals surface area contributed by atoms with E-state index < -0.39 is 61.2 Å². The van der Waals surface area contributed by atoms with Crippen molar-refractivity contribution >= 4 is 23.9 Å². The molecule has 1 aliphatic rings. The highest BCUT2D eigenvalue weighted by molar-refractivity contribution is 5.88. The van der Waals surface area contributed by atoms with Gasteiger partial charge in [0.1, 0.15) is 18.3 Å². The summed E-state index contributed by atoms with van der Waals surface area (Å²) in [4.78, 5) is 55.1. The molecule has 256 valence electrons. The number of nitrogens with zero attached hydrogens (tertiary/aromatic N) is 4. The Morgan fingerprint density at radius 1 is 0.604 bits per heavy atom. The van der Waals surface area contributed by atoms with Gasteiger partial charge in [-0.1, -0.05) is 0 Å². The van der Waals surface area contributed by atoms with Gasteiger partial charge >= 0.3 is 23.9 Å². The minimum Gasteiger partial charge on any atom is -0.478 e. The van der Waals surface area contributed by atoms with E-state index in [1.807, 2.05) is 0 Å². The molecule has 0 spiro atoms. The lowest BCUT2D eigenvalue weighted by Gasteiger charge is -2.22. The summed E-state index contributed by atoms with van der Waals surface area (Å²) in [5.41, 5.74) is 0.880. The van der Waals surface area contributed by atoms with Crippen molar-refractivity contribution in [3.63, 3.8) is 0 Å². The van der Waals surface area contributed by atoms with Gasteiger partial charge < -0.3 is 50.7 Å². The van der Waals surface area contributed by atoms with Crippen molar-refractivity contribution < 1.29 is 69.9 Å². The van der Waals surface area contributed by atoms with E-state index >= 15 is 0 Å². The second kappa shape index (κ2) is 21.1. The maximum Gasteiger partial charge on any atom is 0.337 e. The first kappa shape index (κ1) is 40.3. The fraction of sp³-hybridized carbons (Fsp3) is 0.200. The van der Waals surface area contributed by atoms with Crippen LogP contribution in [0.2, 0.25) is 0 Å². The van der Waals surface area contributed by atoms with Crippen LogP contribution in [-0.4, -0.2) is 127 Å². The average Bonchev–Trinajstić information content (AvgIpc) is 3.34. The van der Waals surface area contributed by atoms with Crippen molar-refractivity contribution in [3.8, 4) is 0 Å². The Balaban J connectivity index is 0.000000302. The third kappa shape index (κ3) is 14.1. The monoisotopic (exact) mass is 672 g/mol. The van der Waals surface area contributed by atoms with E-state index in [2.05, 4.69) is 24.7 Å². The molecule has 4 atom stereocenters. The summed E-state index contributed by atoms with van der Waals surface area (Å²) in [5.74, 6) is -5.93. The molecule has 4 aromatic heterocycles. The summed E-state index contributed by atoms with van der Waals surface area (Å²) in [5, 5.41) is 78.1. The zero-order valence-electron chi connectivity index (χ0n) is 24.7. The number of pyridine rings is 4. The van der Waals surface area contributed by atoms with E-state index in [4.69, 9.17) is 40.9 Å². The number of aromatic nitrogens is 4. The van der Waals surface area contributed by atoms with E-state index in [0.717, 1.165) is 0 Å². The summed E-state index contributed by atoms with van der Waals surface area (Å²) in [6.07, 6.45) is 7.33. The van der Waals surface area contributed by atoms with Gasteiger partial charge in [0.15, 0.2) is 0 Å². The predicted molar refractivity (Wildman–Crippen MR) is 161 cm³/mol. The predicted octanol–water partition coefficient (Wildman–Crippen LogP) is -0.101. The Kier molecular flexibility index (Phi) is 17.7. The van der Waals surface area contributed by atoms with E-state index in [9.17, 15) is 24.3 Å². The number of aliphatic hydroxyl groups is 5. The second-order valence-corrected chi connectivity index (χ2v) is 8.96. The second-order valence-electron chi connectivity index (χ2n) is 8.96. The van der Waals surface area contributed by atoms with Gasteiger partial charge in [0.05, 0.1) is 35.5 Å². The van der Waals surface area contributed by atoms with Crippen LogP contribution in [0.3, 0.4) is 0 Å². The highest BCUT2D eigenvalue weighted by atomic mass is 16.7. The molecular weight excluding hydrogens is 640 g/mol. The number of hydrogen-bond acceptors (Lipinski definition) is 14. The molecule has 0 aromatic carbocycles. The van der Waals surface area contributed by atoms with Crippen LogP contribution < -0.4 is 0 Å². The maximum absolute atomic E-state index is 10.2. The molecule has 18 nitrogen and oxygen atoms in total. The van der Waals surface area contributed by atoms with Crippen LogP contribution in [-0.2, 0) is 4.74 Å². The van der Waals surface area contributed by atoms with Crippen LogP contribution in [0, 0.1) is 0 Å². The highest BCUT2D eigenvalue weighted by Gasteiger charge is 2.52. The minimum absolute atomic E-state index is 0.220. The van der Waals surface area contributed by atoms with Gasteiger partial charge in [0.2, 0.25) is 5.79 Å². The number of carbonyl (C=O) groups is 4. The fourth-order valence-electron chi connectivity index (χ4n) is 3.10. The van der Waals surface area contributed by atoms with Crippen molar-refractivity contribution in [1.29, 1.82) is 0 Å². The number of carboxylic acid groups (broad SMARTS) is 4. The Morgan fingerprint density at radius 3 is 1.02 bits per heavy atom. The lowest BCUT2D eigenvalue weighted by atomic mass is 10.1. The summed E-state index contributed by atoms with van der Waals surface area (Å²) in [7, 11) is 0. The number of aliphatic hydroxyl groups excluding tert-OH is 4. The molecule has 9 N–H and O–H groups in total. The smallest absolute Gasteiger partial charge is 0.337 e. The van der Waals surface area contributed by atoms with Crippen LogP contribution in [0.1, 0.15) is 41.4 Å². The lowest BCUT2D eigenvalue weighted by Crippen LogP contribution is -2.46. The van der Waals surface area contributed by atoms with Crippen LogP contribution in [0.15, 0.2) is 98.1 Å². The van der Waals surface area contributed by atoms with Gasteiger partial charge in [-0.3, -0.25) is 19.9 Å². The third-order valence-electron chi connectivity index (χ3n) is 5.56. The molecular formula is C30H32N4O14. The third-order valence-corrected chi connectivity index (χ3v) is 5.56. The average molecular weight is 673 g/mol. The summed E-state index contributed by atoms with van der Waals surface area (Å²) < 4.78 is 4.63. The van der Waals surface area contributed by atoms with Gasteiger partial charge in [-0.15, -0.1) is 0 Å². The van der Waals surface area contributed by atoms with Crippen molar-refractivity contribution in [2.24, 2.45) is 0 Å². The Labute approximate surface area is 271 Å². The van der Waals surface area contributed by atoms with Crippen LogP contribution >= 0.6 is 0 Å². The first-order chi connectivity index (χ1) is 22.8. The molecule has 0 saturated carbocycles. The molecule has 1 unspecified atom stereocenters.